The Morgan fingerprint density at radius 3 is 2.56 bits per heavy atom. The lowest BCUT2D eigenvalue weighted by molar-refractivity contribution is 0.129. The van der Waals surface area contributed by atoms with Gasteiger partial charge in [-0.2, -0.15) is 0 Å². The van der Waals surface area contributed by atoms with Crippen molar-refractivity contribution in [1.82, 2.24) is 20.3 Å². The van der Waals surface area contributed by atoms with E-state index in [1.54, 1.807) is 36.9 Å². The summed E-state index contributed by atoms with van der Waals surface area (Å²) in [7, 11) is 0. The quantitative estimate of drug-likeness (QED) is 0.259. The van der Waals surface area contributed by atoms with Crippen LogP contribution in [-0.2, 0) is 22.8 Å². The van der Waals surface area contributed by atoms with E-state index in [1.165, 1.54) is 6.07 Å². The number of aromatic nitrogens is 3. The lowest BCUT2D eigenvalue weighted by Gasteiger charge is -2.27. The molecular weight excluding hydrogens is 467 g/mol. The molecule has 186 valence electrons. The van der Waals surface area contributed by atoms with E-state index in [0.717, 1.165) is 24.1 Å². The van der Waals surface area contributed by atoms with Crippen LogP contribution in [0.1, 0.15) is 24.0 Å². The van der Waals surface area contributed by atoms with Crippen LogP contribution in [0.4, 0.5) is 15.1 Å². The van der Waals surface area contributed by atoms with Crippen LogP contribution < -0.4 is 16.0 Å². The van der Waals surface area contributed by atoms with Crippen molar-refractivity contribution in [3.63, 3.8) is 0 Å². The summed E-state index contributed by atoms with van der Waals surface area (Å²) in [4.78, 5) is 31.8. The van der Waals surface area contributed by atoms with Gasteiger partial charge in [0.1, 0.15) is 19.0 Å². The lowest BCUT2D eigenvalue weighted by atomic mass is 10.1. The molecule has 0 bridgehead atoms. The number of nitrogens with one attached hydrogen (secondary N) is 2. The Balaban J connectivity index is 1.33. The molecule has 1 amide bonds. The first kappa shape index (κ1) is 24.5. The van der Waals surface area contributed by atoms with Crippen molar-refractivity contribution >= 4 is 23.7 Å². The summed E-state index contributed by atoms with van der Waals surface area (Å²) < 4.78 is 19.9. The molecule has 2 aromatic heterocycles. The molecule has 1 saturated heterocycles. The number of hydrogen-bond donors (Lipinski definition) is 3. The molecule has 4 rings (SSSR count). The predicted molar refractivity (Wildman–Crippen MR) is 131 cm³/mol. The Morgan fingerprint density at radius 2 is 1.86 bits per heavy atom. The Labute approximate surface area is 206 Å². The van der Waals surface area contributed by atoms with Gasteiger partial charge in [0.15, 0.2) is 5.96 Å². The van der Waals surface area contributed by atoms with E-state index in [1.807, 2.05) is 22.3 Å². The summed E-state index contributed by atoms with van der Waals surface area (Å²) in [5.41, 5.74) is 8.01. The number of alkyl carbamates (subject to hydrolysis) is 1. The molecule has 11 nitrogen and oxygen atoms in total. The van der Waals surface area contributed by atoms with Crippen molar-refractivity contribution in [2.75, 3.05) is 18.0 Å². The van der Waals surface area contributed by atoms with Crippen molar-refractivity contribution in [3.05, 3.63) is 72.1 Å². The fourth-order valence-corrected chi connectivity index (χ4v) is 3.56. The molecule has 1 aliphatic rings. The maximum absolute atomic E-state index is 15.0. The van der Waals surface area contributed by atoms with E-state index in [4.69, 9.17) is 20.7 Å². The number of guanidine groups is 1. The summed E-state index contributed by atoms with van der Waals surface area (Å²) in [6.45, 7) is 1.47. The van der Waals surface area contributed by atoms with Gasteiger partial charge in [0, 0.05) is 67.4 Å². The van der Waals surface area contributed by atoms with Crippen LogP contribution in [0.15, 0.2) is 60.3 Å². The standard InChI is InChI=1S/C24H25FN8O3/c25-21-17(15-35-24(34)31-22(26)27)2-1-3-20(21)18-12-29-23(30-13-18)33-10-6-19(7-11-33)32-36-14-16-4-8-28-9-5-16/h1-5,8-9,12-13H,6-7,10-11,14-15H2,(H4,26,27,31,34). The van der Waals surface area contributed by atoms with E-state index in [2.05, 4.69) is 20.1 Å². The number of nitrogens with two attached hydrogens (primary N) is 1. The first-order valence-electron chi connectivity index (χ1n) is 11.2. The first-order chi connectivity index (χ1) is 17.5. The summed E-state index contributed by atoms with van der Waals surface area (Å²) in [6.07, 6.45) is 7.09. The molecule has 0 radical (unpaired) electrons. The molecule has 36 heavy (non-hydrogen) atoms. The Hall–Kier alpha value is -4.61. The smallest absolute Gasteiger partial charge is 0.414 e. The fraction of sp³-hybridized carbons (Fsp3) is 0.250. The number of amides is 1. The molecule has 12 heteroatoms. The minimum Gasteiger partial charge on any atom is -0.444 e. The molecule has 1 aliphatic heterocycles. The van der Waals surface area contributed by atoms with Crippen LogP contribution in [0.5, 0.6) is 0 Å². The highest BCUT2D eigenvalue weighted by Crippen LogP contribution is 2.26. The predicted octanol–water partition coefficient (Wildman–Crippen LogP) is 2.97. The number of hydrogen-bond acceptors (Lipinski definition) is 9. The van der Waals surface area contributed by atoms with Crippen molar-refractivity contribution in [2.24, 2.45) is 10.9 Å². The average Bonchev–Trinajstić information content (AvgIpc) is 2.89. The third-order valence-electron chi connectivity index (χ3n) is 5.42. The van der Waals surface area contributed by atoms with E-state index >= 15 is 4.39 Å². The van der Waals surface area contributed by atoms with Crippen LogP contribution in [0.3, 0.4) is 0 Å². The van der Waals surface area contributed by atoms with Gasteiger partial charge in [0.2, 0.25) is 5.95 Å². The second-order valence-corrected chi connectivity index (χ2v) is 7.94. The van der Waals surface area contributed by atoms with Crippen molar-refractivity contribution in [2.45, 2.75) is 26.1 Å². The molecule has 0 atom stereocenters. The van der Waals surface area contributed by atoms with Crippen LogP contribution in [0.25, 0.3) is 11.1 Å². The minimum atomic E-state index is -0.935. The Morgan fingerprint density at radius 1 is 1.14 bits per heavy atom. The summed E-state index contributed by atoms with van der Waals surface area (Å²) in [5, 5.41) is 13.2. The summed E-state index contributed by atoms with van der Waals surface area (Å²) in [6, 6.07) is 8.52. The fourth-order valence-electron chi connectivity index (χ4n) is 3.56. The number of piperidine rings is 1. The van der Waals surface area contributed by atoms with Gasteiger partial charge in [0.05, 0.1) is 5.71 Å². The van der Waals surface area contributed by atoms with E-state index < -0.39 is 17.9 Å². The topological polar surface area (TPSA) is 152 Å². The molecule has 3 aromatic rings. The molecular formula is C24H25FN8O3. The Bertz CT molecular complexity index is 1230. The molecule has 0 aliphatic carbocycles. The van der Waals surface area contributed by atoms with Gasteiger partial charge < -0.3 is 20.2 Å². The highest BCUT2D eigenvalue weighted by molar-refractivity contribution is 5.90. The van der Waals surface area contributed by atoms with Gasteiger partial charge >= 0.3 is 6.09 Å². The maximum Gasteiger partial charge on any atom is 0.414 e. The zero-order valence-corrected chi connectivity index (χ0v) is 19.4. The second kappa shape index (κ2) is 11.7. The highest BCUT2D eigenvalue weighted by atomic mass is 19.1. The number of nitrogens with zero attached hydrogens (tertiary/aromatic N) is 5. The molecule has 0 unspecified atom stereocenters. The van der Waals surface area contributed by atoms with Gasteiger partial charge in [-0.25, -0.2) is 19.2 Å². The maximum atomic E-state index is 15.0. The second-order valence-electron chi connectivity index (χ2n) is 7.94. The van der Waals surface area contributed by atoms with Crippen molar-refractivity contribution < 1.29 is 18.8 Å². The van der Waals surface area contributed by atoms with E-state index in [-0.39, 0.29) is 17.7 Å². The number of oxime groups is 1. The first-order valence-corrected chi connectivity index (χ1v) is 11.2. The molecule has 4 N–H and O–H groups in total. The average molecular weight is 493 g/mol. The van der Waals surface area contributed by atoms with Crippen LogP contribution >= 0.6 is 0 Å². The lowest BCUT2D eigenvalue weighted by Crippen LogP contribution is -2.36. The van der Waals surface area contributed by atoms with Crippen LogP contribution in [0.2, 0.25) is 0 Å². The number of halogens is 1. The SMILES string of the molecule is N=C(N)NC(=O)OCc1cccc(-c2cnc(N3CCC(=NOCc4ccncc4)CC3)nc2)c1F. The molecule has 1 aromatic carbocycles. The summed E-state index contributed by atoms with van der Waals surface area (Å²) >= 11 is 0. The largest absolute Gasteiger partial charge is 0.444 e. The van der Waals surface area contributed by atoms with Gasteiger partial charge in [-0.3, -0.25) is 15.7 Å². The normalized spacial score (nSPS) is 13.1. The minimum absolute atomic E-state index is 0.171. The van der Waals surface area contributed by atoms with Gasteiger partial charge in [-0.15, -0.1) is 0 Å². The van der Waals surface area contributed by atoms with Gasteiger partial charge in [0.25, 0.3) is 0 Å². The molecule has 3 heterocycles. The number of rotatable bonds is 7. The van der Waals surface area contributed by atoms with Crippen LogP contribution in [0, 0.1) is 11.2 Å². The third-order valence-corrected chi connectivity index (χ3v) is 5.42. The highest BCUT2D eigenvalue weighted by Gasteiger charge is 2.19. The van der Waals surface area contributed by atoms with Crippen molar-refractivity contribution in [1.29, 1.82) is 5.41 Å². The number of anilines is 1. The monoisotopic (exact) mass is 492 g/mol. The Kier molecular flexibility index (Phi) is 7.96. The zero-order chi connectivity index (χ0) is 25.3. The molecule has 0 spiro atoms. The van der Waals surface area contributed by atoms with E-state index in [9.17, 15) is 4.79 Å². The summed E-state index contributed by atoms with van der Waals surface area (Å²) in [5.74, 6) is -0.551. The number of carbonyl (C=O) groups excluding carboxylic acids is 1. The van der Waals surface area contributed by atoms with Crippen LogP contribution in [-0.4, -0.2) is 45.8 Å². The number of benzene rings is 1. The van der Waals surface area contributed by atoms with E-state index in [0.29, 0.717) is 31.2 Å². The molecule has 1 fully saturated rings. The molecule has 0 saturated carbocycles. The van der Waals surface area contributed by atoms with Gasteiger partial charge in [-0.05, 0) is 17.7 Å². The zero-order valence-electron chi connectivity index (χ0n) is 19.4. The number of ether oxygens (including phenoxy) is 1. The van der Waals surface area contributed by atoms with Crippen molar-refractivity contribution in [3.8, 4) is 11.1 Å². The number of carbonyl (C=O) groups is 1. The number of pyridine rings is 1. The third kappa shape index (κ3) is 6.50. The van der Waals surface area contributed by atoms with Gasteiger partial charge in [-0.1, -0.05) is 23.4 Å².